The van der Waals surface area contributed by atoms with E-state index < -0.39 is 12.9 Å². The minimum Gasteiger partial charge on any atom is -0.278 e. The van der Waals surface area contributed by atoms with Crippen molar-refractivity contribution in [1.29, 1.82) is 0 Å². The third-order valence-corrected chi connectivity index (χ3v) is 4.37. The summed E-state index contributed by atoms with van der Waals surface area (Å²) in [5.41, 5.74) is 2.56. The van der Waals surface area contributed by atoms with Crippen LogP contribution in [0.4, 0.5) is 17.6 Å². The minimum atomic E-state index is -2.69. The summed E-state index contributed by atoms with van der Waals surface area (Å²) in [4.78, 5) is 12.2. The first-order valence-electron chi connectivity index (χ1n) is 8.21. The van der Waals surface area contributed by atoms with Crippen molar-refractivity contribution in [1.82, 2.24) is 9.97 Å². The quantitative estimate of drug-likeness (QED) is 0.583. The third kappa shape index (κ3) is 3.20. The van der Waals surface area contributed by atoms with Crippen molar-refractivity contribution in [2.45, 2.75) is 19.4 Å². The van der Waals surface area contributed by atoms with Crippen LogP contribution in [0.25, 0.3) is 22.5 Å². The van der Waals surface area contributed by atoms with E-state index in [-0.39, 0.29) is 18.0 Å². The molecule has 0 spiro atoms. The number of rotatable bonds is 4. The first kappa shape index (κ1) is 17.3. The molecular formula is C20H13F4N3. The van der Waals surface area contributed by atoms with Crippen LogP contribution >= 0.6 is 0 Å². The van der Waals surface area contributed by atoms with Gasteiger partial charge in [-0.25, -0.2) is 22.5 Å². The second-order valence-electron chi connectivity index (χ2n) is 6.02. The van der Waals surface area contributed by atoms with Crippen molar-refractivity contribution in [3.63, 3.8) is 0 Å². The van der Waals surface area contributed by atoms with Gasteiger partial charge in [-0.1, -0.05) is 24.3 Å². The topological polar surface area (TPSA) is 38.1 Å². The molecule has 0 radical (unpaired) electrons. The van der Waals surface area contributed by atoms with Gasteiger partial charge in [-0.05, 0) is 35.4 Å². The summed E-state index contributed by atoms with van der Waals surface area (Å²) in [6.07, 6.45) is -3.81. The van der Waals surface area contributed by atoms with Crippen LogP contribution in [0.1, 0.15) is 23.2 Å². The highest BCUT2D eigenvalue weighted by atomic mass is 19.3. The van der Waals surface area contributed by atoms with Gasteiger partial charge in [0.2, 0.25) is 0 Å². The number of hydrogen-bond acceptors (Lipinski definition) is 3. The fraction of sp³-hybridized carbons (Fsp3) is 0.150. The number of benzene rings is 1. The molecule has 1 aliphatic rings. The summed E-state index contributed by atoms with van der Waals surface area (Å²) in [6, 6.07) is 13.0. The second-order valence-corrected chi connectivity index (χ2v) is 6.02. The first-order valence-corrected chi connectivity index (χ1v) is 8.21. The number of aliphatic imine (C=N–C) groups is 1. The molecule has 0 saturated heterocycles. The zero-order valence-electron chi connectivity index (χ0n) is 13.9. The maximum absolute atomic E-state index is 13.2. The Hall–Kier alpha value is -3.09. The lowest BCUT2D eigenvalue weighted by molar-refractivity contribution is 0.146. The molecule has 0 atom stereocenters. The number of halogens is 4. The molecular weight excluding hydrogens is 358 g/mol. The molecule has 0 fully saturated rings. The molecule has 0 amide bonds. The van der Waals surface area contributed by atoms with Gasteiger partial charge in [0.05, 0.1) is 17.9 Å². The van der Waals surface area contributed by atoms with Gasteiger partial charge >= 0.3 is 0 Å². The Morgan fingerprint density at radius 3 is 2.48 bits per heavy atom. The molecule has 0 saturated carbocycles. The summed E-state index contributed by atoms with van der Waals surface area (Å²) < 4.78 is 52.4. The van der Waals surface area contributed by atoms with E-state index in [1.807, 2.05) is 0 Å². The van der Waals surface area contributed by atoms with Crippen molar-refractivity contribution in [2.24, 2.45) is 4.99 Å². The van der Waals surface area contributed by atoms with Crippen molar-refractivity contribution in [3.05, 3.63) is 71.5 Å². The minimum absolute atomic E-state index is 0.227. The zero-order valence-corrected chi connectivity index (χ0v) is 13.9. The second kappa shape index (κ2) is 6.90. The SMILES string of the molecule is FC(F)C1=NCc2ccc(-c3cccnc3-c3cccc(C(F)F)n3)cc21. The molecule has 2 aromatic heterocycles. The van der Waals surface area contributed by atoms with E-state index in [2.05, 4.69) is 15.0 Å². The molecule has 3 aromatic rings. The molecule has 1 aromatic carbocycles. The lowest BCUT2D eigenvalue weighted by atomic mass is 9.96. The number of hydrogen-bond donors (Lipinski definition) is 0. The molecule has 27 heavy (non-hydrogen) atoms. The number of nitrogens with zero attached hydrogens (tertiary/aromatic N) is 3. The molecule has 0 aliphatic carbocycles. The summed E-state index contributed by atoms with van der Waals surface area (Å²) in [6.45, 7) is 0.229. The van der Waals surface area contributed by atoms with Gasteiger partial charge in [0, 0.05) is 17.3 Å². The maximum Gasteiger partial charge on any atom is 0.280 e. The predicted molar refractivity (Wildman–Crippen MR) is 94.1 cm³/mol. The number of aromatic nitrogens is 2. The normalized spacial score (nSPS) is 13.2. The molecule has 0 N–H and O–H groups in total. The Labute approximate surface area is 152 Å². The lowest BCUT2D eigenvalue weighted by Crippen LogP contribution is -2.09. The standard InChI is InChI=1S/C20H13F4N3/c21-19(22)16-5-1-4-15(27-16)17-13(3-2-8-25-17)11-6-7-12-10-26-18(20(23)24)14(12)9-11/h1-9,19-20H,10H2. The largest absolute Gasteiger partial charge is 0.280 e. The van der Waals surface area contributed by atoms with Crippen LogP contribution in [0.15, 0.2) is 59.7 Å². The van der Waals surface area contributed by atoms with Crippen LogP contribution in [0, 0.1) is 0 Å². The molecule has 4 rings (SSSR count). The zero-order chi connectivity index (χ0) is 19.0. The fourth-order valence-corrected chi connectivity index (χ4v) is 3.11. The fourth-order valence-electron chi connectivity index (χ4n) is 3.11. The molecule has 0 bridgehead atoms. The van der Waals surface area contributed by atoms with Crippen molar-refractivity contribution in [2.75, 3.05) is 0 Å². The highest BCUT2D eigenvalue weighted by Gasteiger charge is 2.24. The van der Waals surface area contributed by atoms with Gasteiger partial charge in [-0.15, -0.1) is 0 Å². The number of pyridine rings is 2. The van der Waals surface area contributed by atoms with Crippen molar-refractivity contribution >= 4 is 5.71 Å². The first-order chi connectivity index (χ1) is 13.0. The van der Waals surface area contributed by atoms with E-state index in [4.69, 9.17) is 0 Å². The number of alkyl halides is 4. The lowest BCUT2D eigenvalue weighted by Gasteiger charge is -2.11. The van der Waals surface area contributed by atoms with Gasteiger partial charge in [0.1, 0.15) is 11.4 Å². The van der Waals surface area contributed by atoms with E-state index in [1.165, 1.54) is 18.3 Å². The average Bonchev–Trinajstić information content (AvgIpc) is 3.11. The highest BCUT2D eigenvalue weighted by Crippen LogP contribution is 2.33. The average molecular weight is 371 g/mol. The molecule has 136 valence electrons. The van der Waals surface area contributed by atoms with Gasteiger partial charge in [-0.2, -0.15) is 0 Å². The Bertz CT molecular complexity index is 1030. The van der Waals surface area contributed by atoms with E-state index in [9.17, 15) is 17.6 Å². The van der Waals surface area contributed by atoms with Crippen molar-refractivity contribution < 1.29 is 17.6 Å². The highest BCUT2D eigenvalue weighted by molar-refractivity contribution is 6.06. The molecule has 7 heteroatoms. The summed E-state index contributed by atoms with van der Waals surface area (Å²) in [5, 5.41) is 0. The van der Waals surface area contributed by atoms with Gasteiger partial charge < -0.3 is 0 Å². The van der Waals surface area contributed by atoms with Gasteiger partial charge in [-0.3, -0.25) is 9.98 Å². The van der Waals surface area contributed by atoms with E-state index in [0.29, 0.717) is 28.1 Å². The molecule has 1 aliphatic heterocycles. The van der Waals surface area contributed by atoms with E-state index >= 15 is 0 Å². The number of fused-ring (bicyclic) bond motifs is 1. The van der Waals surface area contributed by atoms with E-state index in [0.717, 1.165) is 5.56 Å². The molecule has 0 unspecified atom stereocenters. The van der Waals surface area contributed by atoms with Crippen LogP contribution in [-0.4, -0.2) is 22.1 Å². The van der Waals surface area contributed by atoms with Crippen LogP contribution in [0.5, 0.6) is 0 Å². The van der Waals surface area contributed by atoms with Gasteiger partial charge in [0.15, 0.2) is 0 Å². The Kier molecular flexibility index (Phi) is 4.43. The van der Waals surface area contributed by atoms with Crippen LogP contribution in [0.2, 0.25) is 0 Å². The Morgan fingerprint density at radius 1 is 0.852 bits per heavy atom. The summed E-state index contributed by atoms with van der Waals surface area (Å²) in [7, 11) is 0. The van der Waals surface area contributed by atoms with Crippen LogP contribution in [0.3, 0.4) is 0 Å². The Balaban J connectivity index is 1.82. The maximum atomic E-state index is 13.2. The summed E-state index contributed by atoms with van der Waals surface area (Å²) in [5.74, 6) is 0. The Morgan fingerprint density at radius 2 is 1.70 bits per heavy atom. The van der Waals surface area contributed by atoms with Gasteiger partial charge in [0.25, 0.3) is 12.9 Å². The molecule has 3 heterocycles. The third-order valence-electron chi connectivity index (χ3n) is 4.37. The van der Waals surface area contributed by atoms with E-state index in [1.54, 1.807) is 36.4 Å². The predicted octanol–water partition coefficient (Wildman–Crippen LogP) is 5.32. The van der Waals surface area contributed by atoms with Crippen LogP contribution < -0.4 is 0 Å². The van der Waals surface area contributed by atoms with Crippen molar-refractivity contribution in [3.8, 4) is 22.5 Å². The smallest absolute Gasteiger partial charge is 0.278 e. The summed E-state index contributed by atoms with van der Waals surface area (Å²) >= 11 is 0. The monoisotopic (exact) mass is 371 g/mol. The molecule has 3 nitrogen and oxygen atoms in total. The van der Waals surface area contributed by atoms with Crippen LogP contribution in [-0.2, 0) is 6.54 Å².